The predicted octanol–water partition coefficient (Wildman–Crippen LogP) is 1.86. The van der Waals surface area contributed by atoms with E-state index in [0.29, 0.717) is 16.5 Å². The minimum atomic E-state index is 0.249. The van der Waals surface area contributed by atoms with Gasteiger partial charge in [0, 0.05) is 40.5 Å². The molecule has 2 rings (SSSR count). The van der Waals surface area contributed by atoms with E-state index in [4.69, 9.17) is 5.84 Å². The van der Waals surface area contributed by atoms with Crippen molar-refractivity contribution in [2.75, 3.05) is 11.5 Å². The van der Waals surface area contributed by atoms with Gasteiger partial charge >= 0.3 is 0 Å². The molecule has 2 heterocycles. The Morgan fingerprint density at radius 1 is 1.45 bits per heavy atom. The van der Waals surface area contributed by atoms with Crippen LogP contribution >= 0.6 is 23.5 Å². The lowest BCUT2D eigenvalue weighted by atomic mass is 10.1. The van der Waals surface area contributed by atoms with Crippen molar-refractivity contribution in [1.29, 1.82) is 0 Å². The molecule has 0 aromatic carbocycles. The van der Waals surface area contributed by atoms with E-state index in [2.05, 4.69) is 48.0 Å². The molecule has 1 aliphatic heterocycles. The largest absolute Gasteiger partial charge is 0.271 e. The fraction of sp³-hybridized carbons (Fsp3) is 0.846. The van der Waals surface area contributed by atoms with Crippen LogP contribution in [0.1, 0.15) is 39.1 Å². The zero-order valence-corrected chi connectivity index (χ0v) is 14.1. The van der Waals surface area contributed by atoms with Crippen molar-refractivity contribution in [3.8, 4) is 0 Å². The summed E-state index contributed by atoms with van der Waals surface area (Å²) < 4.78 is 1.99. The van der Waals surface area contributed by atoms with Crippen LogP contribution in [0.5, 0.6) is 0 Å². The Morgan fingerprint density at radius 2 is 2.20 bits per heavy atom. The van der Waals surface area contributed by atoms with E-state index in [0.717, 1.165) is 12.2 Å². The van der Waals surface area contributed by atoms with Crippen molar-refractivity contribution < 1.29 is 0 Å². The summed E-state index contributed by atoms with van der Waals surface area (Å²) in [6, 6.07) is 0.584. The van der Waals surface area contributed by atoms with Gasteiger partial charge in [0.2, 0.25) is 0 Å². The second kappa shape index (κ2) is 7.68. The van der Waals surface area contributed by atoms with Crippen LogP contribution < -0.4 is 11.3 Å². The van der Waals surface area contributed by atoms with Crippen LogP contribution in [0.25, 0.3) is 0 Å². The number of nitrogens with zero attached hydrogens (tertiary/aromatic N) is 3. The molecule has 7 heteroatoms. The lowest BCUT2D eigenvalue weighted by Gasteiger charge is -2.35. The maximum absolute atomic E-state index is 5.83. The lowest BCUT2D eigenvalue weighted by molar-refractivity contribution is 0.445. The van der Waals surface area contributed by atoms with Crippen LogP contribution in [-0.2, 0) is 6.42 Å². The van der Waals surface area contributed by atoms with Crippen molar-refractivity contribution in [3.63, 3.8) is 0 Å². The van der Waals surface area contributed by atoms with Crippen LogP contribution in [-0.4, -0.2) is 42.8 Å². The van der Waals surface area contributed by atoms with Gasteiger partial charge in [-0.15, -0.1) is 0 Å². The van der Waals surface area contributed by atoms with Gasteiger partial charge < -0.3 is 0 Å². The average molecular weight is 316 g/mol. The lowest BCUT2D eigenvalue weighted by Crippen LogP contribution is -2.49. The Kier molecular flexibility index (Phi) is 6.20. The minimum Gasteiger partial charge on any atom is -0.271 e. The number of hydrogen-bond acceptors (Lipinski definition) is 6. The summed E-state index contributed by atoms with van der Waals surface area (Å²) in [4.78, 5) is 4.41. The van der Waals surface area contributed by atoms with Crippen molar-refractivity contribution in [3.05, 3.63) is 12.2 Å². The normalized spacial score (nSPS) is 25.1. The van der Waals surface area contributed by atoms with E-state index in [-0.39, 0.29) is 6.04 Å². The summed E-state index contributed by atoms with van der Waals surface area (Å²) in [5.74, 6) is 9.31. The molecule has 3 unspecified atom stereocenters. The first-order chi connectivity index (χ1) is 9.67. The van der Waals surface area contributed by atoms with Gasteiger partial charge in [0.25, 0.3) is 0 Å². The SMILES string of the molecule is CCC1SCCSC1C(Cc1ncnn1C(C)C)NN. The number of hydrogen-bond donors (Lipinski definition) is 2. The molecule has 0 aliphatic carbocycles. The summed E-state index contributed by atoms with van der Waals surface area (Å²) in [7, 11) is 0. The first kappa shape index (κ1) is 16.1. The van der Waals surface area contributed by atoms with E-state index in [1.807, 2.05) is 16.4 Å². The molecular formula is C13H25N5S2. The molecule has 0 amide bonds. The predicted molar refractivity (Wildman–Crippen MR) is 88.0 cm³/mol. The Hall–Kier alpha value is -0.240. The van der Waals surface area contributed by atoms with E-state index < -0.39 is 0 Å². The molecule has 0 radical (unpaired) electrons. The van der Waals surface area contributed by atoms with Gasteiger partial charge in [0.05, 0.1) is 0 Å². The van der Waals surface area contributed by atoms with Crippen LogP contribution in [0.4, 0.5) is 0 Å². The standard InChI is InChI=1S/C13H25N5S2/c1-4-11-13(20-6-5-19-11)10(17-14)7-12-15-8-16-18(12)9(2)3/h8-11,13,17H,4-7,14H2,1-3H3. The molecule has 5 nitrogen and oxygen atoms in total. The number of rotatable bonds is 6. The third kappa shape index (κ3) is 3.69. The summed E-state index contributed by atoms with van der Waals surface area (Å²) in [6.45, 7) is 6.52. The summed E-state index contributed by atoms with van der Waals surface area (Å²) in [5.41, 5.74) is 3.03. The van der Waals surface area contributed by atoms with Gasteiger partial charge in [-0.3, -0.25) is 11.3 Å². The molecule has 1 saturated heterocycles. The Labute approximate surface area is 129 Å². The third-order valence-electron chi connectivity index (χ3n) is 3.64. The quantitative estimate of drug-likeness (QED) is 0.617. The van der Waals surface area contributed by atoms with Gasteiger partial charge in [-0.05, 0) is 20.3 Å². The molecule has 1 aliphatic rings. The van der Waals surface area contributed by atoms with Gasteiger partial charge in [0.1, 0.15) is 12.2 Å². The Morgan fingerprint density at radius 3 is 2.85 bits per heavy atom. The van der Waals surface area contributed by atoms with Crippen LogP contribution in [0.2, 0.25) is 0 Å². The molecule has 20 heavy (non-hydrogen) atoms. The summed E-state index contributed by atoms with van der Waals surface area (Å²) in [6.07, 6.45) is 3.67. The Bertz CT molecular complexity index is 409. The van der Waals surface area contributed by atoms with E-state index in [1.165, 1.54) is 17.9 Å². The molecule has 0 saturated carbocycles. The van der Waals surface area contributed by atoms with Gasteiger partial charge in [-0.25, -0.2) is 9.67 Å². The van der Waals surface area contributed by atoms with E-state index >= 15 is 0 Å². The fourth-order valence-electron chi connectivity index (χ4n) is 2.63. The van der Waals surface area contributed by atoms with Crippen LogP contribution in [0, 0.1) is 0 Å². The topological polar surface area (TPSA) is 68.8 Å². The Balaban J connectivity index is 2.09. The summed E-state index contributed by atoms with van der Waals surface area (Å²) >= 11 is 4.12. The molecule has 1 aromatic heterocycles. The average Bonchev–Trinajstić information content (AvgIpc) is 2.93. The van der Waals surface area contributed by atoms with E-state index in [1.54, 1.807) is 6.33 Å². The maximum Gasteiger partial charge on any atom is 0.138 e. The van der Waals surface area contributed by atoms with Crippen LogP contribution in [0.3, 0.4) is 0 Å². The van der Waals surface area contributed by atoms with Gasteiger partial charge in [-0.1, -0.05) is 6.92 Å². The number of thioether (sulfide) groups is 2. The zero-order valence-electron chi connectivity index (χ0n) is 12.5. The monoisotopic (exact) mass is 315 g/mol. The molecular weight excluding hydrogens is 290 g/mol. The highest BCUT2D eigenvalue weighted by Gasteiger charge is 2.32. The third-order valence-corrected chi connectivity index (χ3v) is 7.05. The van der Waals surface area contributed by atoms with Crippen molar-refractivity contribution >= 4 is 23.5 Å². The van der Waals surface area contributed by atoms with Gasteiger partial charge in [0.15, 0.2) is 0 Å². The number of hydrazine groups is 1. The smallest absolute Gasteiger partial charge is 0.138 e. The number of nitrogens with one attached hydrogen (secondary N) is 1. The molecule has 0 bridgehead atoms. The maximum atomic E-state index is 5.83. The number of aromatic nitrogens is 3. The summed E-state index contributed by atoms with van der Waals surface area (Å²) in [5, 5.41) is 5.53. The molecule has 0 spiro atoms. The highest BCUT2D eigenvalue weighted by atomic mass is 32.2. The van der Waals surface area contributed by atoms with E-state index in [9.17, 15) is 0 Å². The molecule has 1 fully saturated rings. The van der Waals surface area contributed by atoms with Crippen LogP contribution in [0.15, 0.2) is 6.33 Å². The van der Waals surface area contributed by atoms with Crippen molar-refractivity contribution in [1.82, 2.24) is 20.2 Å². The second-order valence-corrected chi connectivity index (χ2v) is 7.98. The molecule has 3 N–H and O–H groups in total. The first-order valence-electron chi connectivity index (χ1n) is 7.25. The van der Waals surface area contributed by atoms with Gasteiger partial charge in [-0.2, -0.15) is 28.6 Å². The highest BCUT2D eigenvalue weighted by Crippen LogP contribution is 2.35. The molecule has 114 valence electrons. The fourth-order valence-corrected chi connectivity index (χ4v) is 5.87. The first-order valence-corrected chi connectivity index (χ1v) is 9.34. The van der Waals surface area contributed by atoms with Crippen molar-refractivity contribution in [2.45, 2.75) is 56.2 Å². The molecule has 3 atom stereocenters. The second-order valence-electron chi connectivity index (χ2n) is 5.34. The number of nitrogens with two attached hydrogens (primary N) is 1. The molecule has 1 aromatic rings. The minimum absolute atomic E-state index is 0.249. The highest BCUT2D eigenvalue weighted by molar-refractivity contribution is 8.07. The van der Waals surface area contributed by atoms with Crippen molar-refractivity contribution in [2.24, 2.45) is 5.84 Å². The zero-order chi connectivity index (χ0) is 14.5.